The van der Waals surface area contributed by atoms with E-state index in [1.807, 2.05) is 13.0 Å². The second-order valence-electron chi connectivity index (χ2n) is 10.2. The Morgan fingerprint density at radius 2 is 1.92 bits per heavy atom. The Hall–Kier alpha value is -1.18. The highest BCUT2D eigenvalue weighted by atomic mass is 16.1. The number of carbonyl (C=O) groups excluding carboxylic acids is 2. The van der Waals surface area contributed by atoms with Gasteiger partial charge in [-0.25, -0.2) is 0 Å². The average Bonchev–Trinajstić information content (AvgIpc) is 2.83. The lowest BCUT2D eigenvalue weighted by molar-refractivity contribution is -0.142. The molecule has 0 heterocycles. The van der Waals surface area contributed by atoms with E-state index < -0.39 is 0 Å². The maximum Gasteiger partial charge on any atom is 0.178 e. The van der Waals surface area contributed by atoms with Gasteiger partial charge in [-0.3, -0.25) is 9.59 Å². The summed E-state index contributed by atoms with van der Waals surface area (Å²) in [5.41, 5.74) is 1.36. The molecule has 0 N–H and O–H groups in total. The van der Waals surface area contributed by atoms with Crippen molar-refractivity contribution in [1.29, 1.82) is 0 Å². The molecule has 0 aromatic carbocycles. The minimum Gasteiger partial charge on any atom is -0.299 e. The van der Waals surface area contributed by atoms with Crippen LogP contribution in [0.1, 0.15) is 73.1 Å². The SMILES string of the molecule is CCC(=O)C1(C)C(C)C[C@H]2[C@@H]3CCC4=CC(=O)C=C[C@]4(C)[C@H]3CC[C@@]21C. The Bertz CT molecular complexity index is 716. The van der Waals surface area contributed by atoms with Crippen molar-refractivity contribution in [2.45, 2.75) is 73.1 Å². The zero-order chi connectivity index (χ0) is 18.9. The van der Waals surface area contributed by atoms with Gasteiger partial charge >= 0.3 is 0 Å². The number of hydrogen-bond donors (Lipinski definition) is 0. The van der Waals surface area contributed by atoms with E-state index in [0.29, 0.717) is 35.9 Å². The van der Waals surface area contributed by atoms with Crippen LogP contribution in [-0.2, 0) is 9.59 Å². The first-order chi connectivity index (χ1) is 12.2. The molecule has 2 heteroatoms. The van der Waals surface area contributed by atoms with Gasteiger partial charge in [0.1, 0.15) is 5.78 Å². The molecule has 0 aromatic heterocycles. The molecule has 0 spiro atoms. The summed E-state index contributed by atoms with van der Waals surface area (Å²) in [6, 6.07) is 0. The second-order valence-corrected chi connectivity index (χ2v) is 10.2. The summed E-state index contributed by atoms with van der Waals surface area (Å²) in [7, 11) is 0. The van der Waals surface area contributed by atoms with Crippen LogP contribution in [0.4, 0.5) is 0 Å². The molecule has 3 fully saturated rings. The number of hydrogen-bond acceptors (Lipinski definition) is 2. The Morgan fingerprint density at radius 1 is 1.19 bits per heavy atom. The van der Waals surface area contributed by atoms with Gasteiger partial charge in [0, 0.05) is 17.3 Å². The Balaban J connectivity index is 1.72. The van der Waals surface area contributed by atoms with Gasteiger partial charge in [0.25, 0.3) is 0 Å². The van der Waals surface area contributed by atoms with Crippen LogP contribution in [0.25, 0.3) is 0 Å². The lowest BCUT2D eigenvalue weighted by atomic mass is 9.45. The molecule has 0 bridgehead atoms. The molecule has 3 saturated carbocycles. The van der Waals surface area contributed by atoms with Crippen LogP contribution in [0, 0.1) is 39.9 Å². The number of rotatable bonds is 2. The van der Waals surface area contributed by atoms with Crippen molar-refractivity contribution < 1.29 is 9.59 Å². The molecule has 2 unspecified atom stereocenters. The molecule has 0 saturated heterocycles. The predicted octanol–water partition coefficient (Wildman–Crippen LogP) is 5.53. The van der Waals surface area contributed by atoms with Crippen molar-refractivity contribution in [3.63, 3.8) is 0 Å². The summed E-state index contributed by atoms with van der Waals surface area (Å²) in [6.45, 7) is 11.4. The first-order valence-corrected chi connectivity index (χ1v) is 10.7. The van der Waals surface area contributed by atoms with Crippen LogP contribution in [-0.4, -0.2) is 11.6 Å². The summed E-state index contributed by atoms with van der Waals surface area (Å²) in [5, 5.41) is 0. The molecule has 0 aromatic rings. The Kier molecular flexibility index (Phi) is 3.96. The van der Waals surface area contributed by atoms with E-state index in [9.17, 15) is 9.59 Å². The molecule has 0 aliphatic heterocycles. The smallest absolute Gasteiger partial charge is 0.178 e. The third-order valence-electron chi connectivity index (χ3n) is 9.63. The molecule has 0 amide bonds. The van der Waals surface area contributed by atoms with Gasteiger partial charge in [-0.1, -0.05) is 46.3 Å². The zero-order valence-corrected chi connectivity index (χ0v) is 17.1. The lowest BCUT2D eigenvalue weighted by Crippen LogP contribution is -2.53. The highest BCUT2D eigenvalue weighted by Crippen LogP contribution is 2.71. The third-order valence-corrected chi connectivity index (χ3v) is 9.63. The van der Waals surface area contributed by atoms with Crippen LogP contribution < -0.4 is 0 Å². The van der Waals surface area contributed by atoms with E-state index in [-0.39, 0.29) is 22.0 Å². The minimum absolute atomic E-state index is 0.0507. The van der Waals surface area contributed by atoms with Gasteiger partial charge in [0.2, 0.25) is 0 Å². The monoisotopic (exact) mass is 354 g/mol. The molecular formula is C24H34O2. The summed E-state index contributed by atoms with van der Waals surface area (Å²) in [5.74, 6) is 3.04. The fraction of sp³-hybridized carbons (Fsp3) is 0.750. The van der Waals surface area contributed by atoms with E-state index in [4.69, 9.17) is 0 Å². The van der Waals surface area contributed by atoms with E-state index in [0.717, 1.165) is 12.8 Å². The summed E-state index contributed by atoms with van der Waals surface area (Å²) < 4.78 is 0. The molecule has 26 heavy (non-hydrogen) atoms. The predicted molar refractivity (Wildman–Crippen MR) is 105 cm³/mol. The van der Waals surface area contributed by atoms with Crippen LogP contribution >= 0.6 is 0 Å². The lowest BCUT2D eigenvalue weighted by Gasteiger charge is -2.58. The summed E-state index contributed by atoms with van der Waals surface area (Å²) in [4.78, 5) is 24.9. The van der Waals surface area contributed by atoms with Crippen molar-refractivity contribution >= 4 is 11.6 Å². The fourth-order valence-electron chi connectivity index (χ4n) is 7.74. The van der Waals surface area contributed by atoms with E-state index >= 15 is 0 Å². The van der Waals surface area contributed by atoms with Crippen LogP contribution in [0.3, 0.4) is 0 Å². The first kappa shape index (κ1) is 18.2. The standard InChI is InChI=1S/C24H34O2/c1-6-21(26)24(5)15(2)13-20-18-8-7-16-14-17(25)9-11-22(16,3)19(18)10-12-23(20,24)4/h9,11,14-15,18-20H,6-8,10,12-13H2,1-5H3/t15?,18-,19+,20+,22+,23+,24?/m1/s1. The van der Waals surface area contributed by atoms with Gasteiger partial charge in [-0.05, 0) is 73.3 Å². The number of fused-ring (bicyclic) bond motifs is 5. The molecule has 7 atom stereocenters. The average molecular weight is 355 g/mol. The maximum absolute atomic E-state index is 13.0. The normalized spacial score (nSPS) is 49.9. The van der Waals surface area contributed by atoms with Gasteiger partial charge < -0.3 is 0 Å². The fourth-order valence-corrected chi connectivity index (χ4v) is 7.74. The Morgan fingerprint density at radius 3 is 2.62 bits per heavy atom. The van der Waals surface area contributed by atoms with E-state index in [1.54, 1.807) is 6.08 Å². The first-order valence-electron chi connectivity index (χ1n) is 10.7. The topological polar surface area (TPSA) is 34.1 Å². The second kappa shape index (κ2) is 5.66. The van der Waals surface area contributed by atoms with Crippen LogP contribution in [0.2, 0.25) is 0 Å². The van der Waals surface area contributed by atoms with E-state index in [2.05, 4.69) is 33.8 Å². The van der Waals surface area contributed by atoms with Crippen molar-refractivity contribution in [2.75, 3.05) is 0 Å². The van der Waals surface area contributed by atoms with Gasteiger partial charge in [-0.15, -0.1) is 0 Å². The summed E-state index contributed by atoms with van der Waals surface area (Å²) >= 11 is 0. The van der Waals surface area contributed by atoms with Crippen molar-refractivity contribution in [2.24, 2.45) is 39.9 Å². The van der Waals surface area contributed by atoms with Crippen molar-refractivity contribution in [3.8, 4) is 0 Å². The summed E-state index contributed by atoms with van der Waals surface area (Å²) in [6.07, 6.45) is 12.3. The van der Waals surface area contributed by atoms with E-state index in [1.165, 1.54) is 24.8 Å². The maximum atomic E-state index is 13.0. The third kappa shape index (κ3) is 2.05. The van der Waals surface area contributed by atoms with Crippen LogP contribution in [0.5, 0.6) is 0 Å². The number of ketones is 2. The molecule has 4 aliphatic carbocycles. The van der Waals surface area contributed by atoms with Crippen LogP contribution in [0.15, 0.2) is 23.8 Å². The molecule has 142 valence electrons. The minimum atomic E-state index is -0.174. The highest BCUT2D eigenvalue weighted by molar-refractivity contribution is 6.01. The quantitative estimate of drug-likeness (QED) is 0.654. The number of allylic oxidation sites excluding steroid dienone is 4. The van der Waals surface area contributed by atoms with Gasteiger partial charge in [-0.2, -0.15) is 0 Å². The molecule has 2 nitrogen and oxygen atoms in total. The molecular weight excluding hydrogens is 320 g/mol. The zero-order valence-electron chi connectivity index (χ0n) is 17.1. The van der Waals surface area contributed by atoms with Crippen molar-refractivity contribution in [3.05, 3.63) is 23.8 Å². The van der Waals surface area contributed by atoms with Gasteiger partial charge in [0.05, 0.1) is 0 Å². The molecule has 4 rings (SSSR count). The number of carbonyl (C=O) groups is 2. The Labute approximate surface area is 158 Å². The molecule has 0 radical (unpaired) electrons. The van der Waals surface area contributed by atoms with Crippen molar-refractivity contribution in [1.82, 2.24) is 0 Å². The van der Waals surface area contributed by atoms with Gasteiger partial charge in [0.15, 0.2) is 5.78 Å². The number of Topliss-reactive ketones (excluding diaryl/α,β-unsaturated/α-hetero) is 1. The molecule has 4 aliphatic rings. The highest BCUT2D eigenvalue weighted by Gasteiger charge is 2.66. The largest absolute Gasteiger partial charge is 0.299 e.